The fraction of sp³-hybridized carbons (Fsp3) is 0.462. The van der Waals surface area contributed by atoms with Gasteiger partial charge in [-0.25, -0.2) is 4.68 Å². The Labute approximate surface area is 120 Å². The maximum Gasteiger partial charge on any atom is 0.136 e. The van der Waals surface area contributed by atoms with Crippen molar-refractivity contribution in [2.75, 3.05) is 5.73 Å². The minimum atomic E-state index is 0.203. The second-order valence-corrected chi connectivity index (χ2v) is 7.42. The number of hydrogen-bond acceptors (Lipinski definition) is 3. The van der Waals surface area contributed by atoms with E-state index >= 15 is 0 Å². The number of aryl methyl sites for hydroxylation is 1. The zero-order valence-corrected chi connectivity index (χ0v) is 13.5. The van der Waals surface area contributed by atoms with Crippen molar-refractivity contribution in [3.63, 3.8) is 0 Å². The number of aromatic nitrogens is 2. The Morgan fingerprint density at radius 2 is 2.06 bits per heavy atom. The Hall–Kier alpha value is -0.810. The van der Waals surface area contributed by atoms with Gasteiger partial charge < -0.3 is 5.73 Å². The summed E-state index contributed by atoms with van der Waals surface area (Å²) in [5.41, 5.74) is 7.14. The van der Waals surface area contributed by atoms with Crippen molar-refractivity contribution in [1.29, 1.82) is 0 Å². The number of hydrogen-bond donors (Lipinski definition) is 1. The van der Waals surface area contributed by atoms with E-state index in [-0.39, 0.29) is 5.41 Å². The summed E-state index contributed by atoms with van der Waals surface area (Å²) in [5.74, 6) is 0.693. The molecule has 2 aromatic rings. The van der Waals surface area contributed by atoms with Crippen LogP contribution < -0.4 is 5.73 Å². The number of anilines is 1. The van der Waals surface area contributed by atoms with E-state index in [2.05, 4.69) is 53.9 Å². The van der Waals surface area contributed by atoms with Crippen molar-refractivity contribution in [2.45, 2.75) is 39.7 Å². The van der Waals surface area contributed by atoms with Gasteiger partial charge in [0.15, 0.2) is 0 Å². The van der Waals surface area contributed by atoms with Crippen molar-refractivity contribution in [1.82, 2.24) is 9.78 Å². The van der Waals surface area contributed by atoms with Gasteiger partial charge in [0.2, 0.25) is 0 Å². The average Bonchev–Trinajstić information content (AvgIpc) is 2.81. The van der Waals surface area contributed by atoms with E-state index in [4.69, 9.17) is 5.73 Å². The first-order chi connectivity index (χ1) is 8.29. The molecule has 0 saturated carbocycles. The lowest BCUT2D eigenvalue weighted by atomic mass is 9.95. The molecule has 18 heavy (non-hydrogen) atoms. The molecule has 0 amide bonds. The highest BCUT2D eigenvalue weighted by atomic mass is 79.9. The van der Waals surface area contributed by atoms with Crippen molar-refractivity contribution < 1.29 is 0 Å². The third-order valence-electron chi connectivity index (χ3n) is 2.80. The van der Waals surface area contributed by atoms with Crippen molar-refractivity contribution in [3.05, 3.63) is 32.1 Å². The molecule has 0 aliphatic heterocycles. The van der Waals surface area contributed by atoms with Gasteiger partial charge in [-0.15, -0.1) is 11.3 Å². The quantitative estimate of drug-likeness (QED) is 0.907. The molecule has 0 saturated heterocycles. The second-order valence-electron chi connectivity index (χ2n) is 5.46. The highest BCUT2D eigenvalue weighted by molar-refractivity contribution is 9.10. The molecular formula is C13H18BrN3S. The Kier molecular flexibility index (Phi) is 3.56. The molecule has 2 N–H and O–H groups in total. The molecule has 0 aromatic carbocycles. The van der Waals surface area contributed by atoms with E-state index in [0.29, 0.717) is 5.82 Å². The summed E-state index contributed by atoms with van der Waals surface area (Å²) in [7, 11) is 0. The third kappa shape index (κ3) is 2.62. The van der Waals surface area contributed by atoms with Gasteiger partial charge in [0.25, 0.3) is 0 Å². The number of halogens is 1. The third-order valence-corrected chi connectivity index (χ3v) is 5.27. The molecule has 2 aromatic heterocycles. The fourth-order valence-corrected chi connectivity index (χ4v) is 3.04. The Morgan fingerprint density at radius 1 is 1.39 bits per heavy atom. The molecule has 3 nitrogen and oxygen atoms in total. The molecule has 0 unspecified atom stereocenters. The summed E-state index contributed by atoms with van der Waals surface area (Å²) >= 11 is 5.27. The molecule has 0 aliphatic rings. The van der Waals surface area contributed by atoms with Crippen LogP contribution in [0, 0.1) is 6.92 Å². The Bertz CT molecular complexity index is 563. The van der Waals surface area contributed by atoms with Crippen LogP contribution in [0.1, 0.15) is 36.2 Å². The first-order valence-corrected chi connectivity index (χ1v) is 7.47. The smallest absolute Gasteiger partial charge is 0.136 e. The standard InChI is InChI=1S/C13H18BrN3S/c1-8-11(14)12(15)17(16-8)7-9-5-6-10(18-9)13(2,3)4/h5-6H,7,15H2,1-4H3. The van der Waals surface area contributed by atoms with Gasteiger partial charge in [-0.05, 0) is 40.4 Å². The van der Waals surface area contributed by atoms with Gasteiger partial charge in [0.1, 0.15) is 5.82 Å². The lowest BCUT2D eigenvalue weighted by Gasteiger charge is -2.15. The molecule has 2 rings (SSSR count). The molecule has 0 aliphatic carbocycles. The fourth-order valence-electron chi connectivity index (χ4n) is 1.71. The van der Waals surface area contributed by atoms with Crippen LogP contribution in [0.3, 0.4) is 0 Å². The maximum atomic E-state index is 6.00. The Balaban J connectivity index is 2.24. The summed E-state index contributed by atoms with van der Waals surface area (Å²) in [6.45, 7) is 9.37. The zero-order chi connectivity index (χ0) is 13.5. The van der Waals surface area contributed by atoms with Crippen LogP contribution in [0.4, 0.5) is 5.82 Å². The monoisotopic (exact) mass is 327 g/mol. The van der Waals surface area contributed by atoms with Crippen molar-refractivity contribution in [3.8, 4) is 0 Å². The normalized spacial score (nSPS) is 12.1. The minimum absolute atomic E-state index is 0.203. The first kappa shape index (κ1) is 13.6. The minimum Gasteiger partial charge on any atom is -0.383 e. The van der Waals surface area contributed by atoms with E-state index in [1.807, 2.05) is 22.9 Å². The summed E-state index contributed by atoms with van der Waals surface area (Å²) in [6.07, 6.45) is 0. The largest absolute Gasteiger partial charge is 0.383 e. The molecular weight excluding hydrogens is 310 g/mol. The van der Waals surface area contributed by atoms with E-state index in [9.17, 15) is 0 Å². The second kappa shape index (κ2) is 4.70. The number of rotatable bonds is 2. The van der Waals surface area contributed by atoms with Crippen LogP contribution in [0.15, 0.2) is 16.6 Å². The average molecular weight is 328 g/mol. The number of thiophene rings is 1. The molecule has 98 valence electrons. The molecule has 2 heterocycles. The first-order valence-electron chi connectivity index (χ1n) is 5.86. The Morgan fingerprint density at radius 3 is 2.50 bits per heavy atom. The summed E-state index contributed by atoms with van der Waals surface area (Å²) in [6, 6.07) is 4.36. The topological polar surface area (TPSA) is 43.8 Å². The van der Waals surface area contributed by atoms with Crippen LogP contribution in [-0.4, -0.2) is 9.78 Å². The van der Waals surface area contributed by atoms with Crippen LogP contribution in [0.2, 0.25) is 0 Å². The van der Waals surface area contributed by atoms with Crippen molar-refractivity contribution >= 4 is 33.1 Å². The van der Waals surface area contributed by atoms with Gasteiger partial charge in [-0.1, -0.05) is 20.8 Å². The van der Waals surface area contributed by atoms with Gasteiger partial charge in [-0.3, -0.25) is 0 Å². The van der Waals surface area contributed by atoms with Gasteiger partial charge in [0.05, 0.1) is 16.7 Å². The molecule has 0 fully saturated rings. The zero-order valence-electron chi connectivity index (χ0n) is 11.1. The number of nitrogen functional groups attached to an aromatic ring is 1. The van der Waals surface area contributed by atoms with Crippen LogP contribution in [0.25, 0.3) is 0 Å². The highest BCUT2D eigenvalue weighted by Gasteiger charge is 2.17. The molecule has 0 bridgehead atoms. The number of nitrogens with zero attached hydrogens (tertiary/aromatic N) is 2. The predicted molar refractivity (Wildman–Crippen MR) is 81.2 cm³/mol. The summed E-state index contributed by atoms with van der Waals surface area (Å²) in [4.78, 5) is 2.67. The highest BCUT2D eigenvalue weighted by Crippen LogP contribution is 2.31. The van der Waals surface area contributed by atoms with E-state index in [0.717, 1.165) is 16.7 Å². The molecule has 5 heteroatoms. The van der Waals surface area contributed by atoms with Gasteiger partial charge in [-0.2, -0.15) is 5.10 Å². The lowest BCUT2D eigenvalue weighted by Crippen LogP contribution is -2.08. The predicted octanol–water partition coefficient (Wildman–Crippen LogP) is 3.94. The SMILES string of the molecule is Cc1nn(Cc2ccc(C(C)(C)C)s2)c(N)c1Br. The molecule has 0 atom stereocenters. The lowest BCUT2D eigenvalue weighted by molar-refractivity contribution is 0.604. The number of nitrogens with two attached hydrogens (primary N) is 1. The molecule has 0 spiro atoms. The van der Waals surface area contributed by atoms with Crippen LogP contribution >= 0.6 is 27.3 Å². The van der Waals surface area contributed by atoms with E-state index in [1.165, 1.54) is 9.75 Å². The van der Waals surface area contributed by atoms with Gasteiger partial charge >= 0.3 is 0 Å². The maximum absolute atomic E-state index is 6.00. The van der Waals surface area contributed by atoms with Crippen LogP contribution in [0.5, 0.6) is 0 Å². The molecule has 0 radical (unpaired) electrons. The van der Waals surface area contributed by atoms with Crippen LogP contribution in [-0.2, 0) is 12.0 Å². The van der Waals surface area contributed by atoms with Crippen molar-refractivity contribution in [2.24, 2.45) is 0 Å². The summed E-state index contributed by atoms with van der Waals surface area (Å²) in [5, 5.41) is 4.43. The van der Waals surface area contributed by atoms with E-state index in [1.54, 1.807) is 0 Å². The van der Waals surface area contributed by atoms with E-state index < -0.39 is 0 Å². The summed E-state index contributed by atoms with van der Waals surface area (Å²) < 4.78 is 2.74. The van der Waals surface area contributed by atoms with Gasteiger partial charge in [0, 0.05) is 9.75 Å².